The molecule has 0 atom stereocenters. The van der Waals surface area contributed by atoms with Gasteiger partial charge in [-0.2, -0.15) is 5.10 Å². The van der Waals surface area contributed by atoms with Gasteiger partial charge in [0.25, 0.3) is 0 Å². The van der Waals surface area contributed by atoms with Crippen molar-refractivity contribution in [3.63, 3.8) is 0 Å². The van der Waals surface area contributed by atoms with Crippen LogP contribution in [0.25, 0.3) is 11.0 Å². The Bertz CT molecular complexity index is 841. The summed E-state index contributed by atoms with van der Waals surface area (Å²) < 4.78 is 0. The minimum Gasteiger partial charge on any atom is -0.275 e. The Morgan fingerprint density at radius 2 is 1.59 bits per heavy atom. The summed E-state index contributed by atoms with van der Waals surface area (Å²) in [6, 6.07) is 8.86. The van der Waals surface area contributed by atoms with E-state index in [-0.39, 0.29) is 0 Å². The minimum atomic E-state index is 0.402. The van der Waals surface area contributed by atoms with Gasteiger partial charge in [-0.3, -0.25) is 15.4 Å². The molecule has 7 heteroatoms. The molecule has 0 aliphatic carbocycles. The van der Waals surface area contributed by atoms with E-state index in [1.54, 1.807) is 30.7 Å². The molecule has 0 saturated heterocycles. The molecule has 3 aromatic rings. The first kappa shape index (κ1) is 15.0. The van der Waals surface area contributed by atoms with Gasteiger partial charge in [-0.25, -0.2) is 0 Å². The van der Waals surface area contributed by atoms with Gasteiger partial charge >= 0.3 is 0 Å². The van der Waals surface area contributed by atoms with Gasteiger partial charge in [0.05, 0.1) is 33.0 Å². The Balaban J connectivity index is 1.82. The monoisotopic (exact) mass is 350 g/mol. The van der Waals surface area contributed by atoms with Crippen molar-refractivity contribution in [2.75, 3.05) is 5.43 Å². The van der Waals surface area contributed by atoms with E-state index >= 15 is 0 Å². The van der Waals surface area contributed by atoms with E-state index in [4.69, 9.17) is 34.8 Å². The van der Waals surface area contributed by atoms with Crippen LogP contribution in [0.3, 0.4) is 0 Å². The number of rotatable bonds is 3. The SMILES string of the molecule is Clc1cc(Cl)c(N/N=C/c2ccc3nccnc3c2)c(Cl)c1. The number of anilines is 1. The molecule has 1 heterocycles. The third kappa shape index (κ3) is 3.30. The zero-order valence-corrected chi connectivity index (χ0v) is 13.4. The molecule has 0 spiro atoms. The van der Waals surface area contributed by atoms with Crippen molar-refractivity contribution in [3.8, 4) is 0 Å². The van der Waals surface area contributed by atoms with E-state index in [1.807, 2.05) is 18.2 Å². The maximum Gasteiger partial charge on any atom is 0.0935 e. The molecule has 110 valence electrons. The summed E-state index contributed by atoms with van der Waals surface area (Å²) >= 11 is 18.0. The first-order valence-corrected chi connectivity index (χ1v) is 7.41. The van der Waals surface area contributed by atoms with Crippen LogP contribution in [-0.4, -0.2) is 16.2 Å². The molecule has 0 radical (unpaired) electrons. The number of hydrazone groups is 1. The van der Waals surface area contributed by atoms with Crippen LogP contribution in [0.15, 0.2) is 47.8 Å². The fourth-order valence-electron chi connectivity index (χ4n) is 1.88. The van der Waals surface area contributed by atoms with Crippen molar-refractivity contribution in [2.24, 2.45) is 5.10 Å². The van der Waals surface area contributed by atoms with Gasteiger partial charge in [0, 0.05) is 17.4 Å². The first-order valence-electron chi connectivity index (χ1n) is 6.28. The van der Waals surface area contributed by atoms with Crippen LogP contribution >= 0.6 is 34.8 Å². The largest absolute Gasteiger partial charge is 0.275 e. The number of halogens is 3. The topological polar surface area (TPSA) is 50.2 Å². The molecule has 4 nitrogen and oxygen atoms in total. The van der Waals surface area contributed by atoms with E-state index in [0.29, 0.717) is 20.8 Å². The van der Waals surface area contributed by atoms with Gasteiger partial charge in [-0.1, -0.05) is 40.9 Å². The van der Waals surface area contributed by atoms with E-state index in [9.17, 15) is 0 Å². The maximum absolute atomic E-state index is 6.07. The predicted molar refractivity (Wildman–Crippen MR) is 92.2 cm³/mol. The van der Waals surface area contributed by atoms with Gasteiger partial charge in [0.1, 0.15) is 0 Å². The van der Waals surface area contributed by atoms with E-state index in [0.717, 1.165) is 16.6 Å². The van der Waals surface area contributed by atoms with Crippen LogP contribution in [0, 0.1) is 0 Å². The summed E-state index contributed by atoms with van der Waals surface area (Å²) in [7, 11) is 0. The number of hydrogen-bond donors (Lipinski definition) is 1. The molecule has 0 amide bonds. The molecule has 2 aromatic carbocycles. The van der Waals surface area contributed by atoms with Crippen molar-refractivity contribution >= 4 is 57.7 Å². The molecule has 22 heavy (non-hydrogen) atoms. The molecule has 0 aliphatic rings. The van der Waals surface area contributed by atoms with Gasteiger partial charge < -0.3 is 0 Å². The van der Waals surface area contributed by atoms with Crippen molar-refractivity contribution in [2.45, 2.75) is 0 Å². The summed E-state index contributed by atoms with van der Waals surface area (Å²) in [5, 5.41) is 5.41. The van der Waals surface area contributed by atoms with Crippen molar-refractivity contribution in [3.05, 3.63) is 63.4 Å². The average Bonchev–Trinajstić information content (AvgIpc) is 2.49. The lowest BCUT2D eigenvalue weighted by Crippen LogP contribution is -1.93. The Morgan fingerprint density at radius 1 is 0.909 bits per heavy atom. The Hall–Kier alpha value is -1.88. The standard InChI is InChI=1S/C15H9Cl3N4/c16-10-6-11(17)15(12(18)7-10)22-21-8-9-1-2-13-14(5-9)20-4-3-19-13/h1-8,22H/b21-8+. The average molecular weight is 352 g/mol. The molecule has 0 bridgehead atoms. The number of benzene rings is 2. The highest BCUT2D eigenvalue weighted by atomic mass is 35.5. The van der Waals surface area contributed by atoms with Gasteiger partial charge in [0.2, 0.25) is 0 Å². The normalized spacial score (nSPS) is 11.2. The maximum atomic E-state index is 6.07. The molecule has 0 saturated carbocycles. The molecule has 0 aliphatic heterocycles. The third-order valence-electron chi connectivity index (χ3n) is 2.89. The van der Waals surface area contributed by atoms with Crippen LogP contribution in [0.4, 0.5) is 5.69 Å². The Morgan fingerprint density at radius 3 is 2.32 bits per heavy atom. The van der Waals surface area contributed by atoms with E-state index in [1.165, 1.54) is 0 Å². The van der Waals surface area contributed by atoms with Crippen LogP contribution in [-0.2, 0) is 0 Å². The predicted octanol–water partition coefficient (Wildman–Crippen LogP) is 5.04. The van der Waals surface area contributed by atoms with Crippen molar-refractivity contribution in [1.29, 1.82) is 0 Å². The van der Waals surface area contributed by atoms with E-state index in [2.05, 4.69) is 20.5 Å². The second-order valence-electron chi connectivity index (χ2n) is 4.42. The number of aromatic nitrogens is 2. The summed E-state index contributed by atoms with van der Waals surface area (Å²) in [5.74, 6) is 0. The minimum absolute atomic E-state index is 0.402. The lowest BCUT2D eigenvalue weighted by molar-refractivity contribution is 1.29. The Labute approximate surface area is 141 Å². The second kappa shape index (κ2) is 6.48. The number of nitrogens with zero attached hydrogens (tertiary/aromatic N) is 3. The molecular weight excluding hydrogens is 343 g/mol. The number of hydrogen-bond acceptors (Lipinski definition) is 4. The molecule has 1 aromatic heterocycles. The lowest BCUT2D eigenvalue weighted by Gasteiger charge is -2.06. The third-order valence-corrected chi connectivity index (χ3v) is 3.70. The molecular formula is C15H9Cl3N4. The number of fused-ring (bicyclic) bond motifs is 1. The summed E-state index contributed by atoms with van der Waals surface area (Å²) in [5.41, 5.74) is 5.83. The Kier molecular flexibility index (Phi) is 4.43. The quantitative estimate of drug-likeness (QED) is 0.531. The summed E-state index contributed by atoms with van der Waals surface area (Å²) in [6.45, 7) is 0. The second-order valence-corrected chi connectivity index (χ2v) is 5.67. The zero-order valence-electron chi connectivity index (χ0n) is 11.1. The van der Waals surface area contributed by atoms with E-state index < -0.39 is 0 Å². The van der Waals surface area contributed by atoms with Gasteiger partial charge in [-0.05, 0) is 29.8 Å². The highest BCUT2D eigenvalue weighted by Gasteiger charge is 2.06. The van der Waals surface area contributed by atoms with Crippen LogP contribution < -0.4 is 5.43 Å². The van der Waals surface area contributed by atoms with Crippen LogP contribution in [0.1, 0.15) is 5.56 Å². The highest BCUT2D eigenvalue weighted by molar-refractivity contribution is 6.41. The zero-order chi connectivity index (χ0) is 15.5. The molecule has 0 fully saturated rings. The smallest absolute Gasteiger partial charge is 0.0935 e. The van der Waals surface area contributed by atoms with Crippen LogP contribution in [0.2, 0.25) is 15.1 Å². The van der Waals surface area contributed by atoms with Crippen molar-refractivity contribution in [1.82, 2.24) is 9.97 Å². The highest BCUT2D eigenvalue weighted by Crippen LogP contribution is 2.33. The molecule has 3 rings (SSSR count). The fourth-order valence-corrected chi connectivity index (χ4v) is 2.78. The van der Waals surface area contributed by atoms with Crippen molar-refractivity contribution < 1.29 is 0 Å². The van der Waals surface area contributed by atoms with Crippen LogP contribution in [0.5, 0.6) is 0 Å². The molecule has 1 N–H and O–H groups in total. The first-order chi connectivity index (χ1) is 10.6. The number of nitrogens with one attached hydrogen (secondary N) is 1. The molecule has 0 unspecified atom stereocenters. The summed E-state index contributed by atoms with van der Waals surface area (Å²) in [6.07, 6.45) is 4.95. The lowest BCUT2D eigenvalue weighted by atomic mass is 10.2. The van der Waals surface area contributed by atoms with Gasteiger partial charge in [0.15, 0.2) is 0 Å². The summed E-state index contributed by atoms with van der Waals surface area (Å²) in [4.78, 5) is 8.46. The van der Waals surface area contributed by atoms with Gasteiger partial charge in [-0.15, -0.1) is 0 Å². The fraction of sp³-hybridized carbons (Fsp3) is 0.